The fourth-order valence-electron chi connectivity index (χ4n) is 4.11. The number of pyridine rings is 3. The average Bonchev–Trinajstić information content (AvgIpc) is 3.61. The molecule has 0 saturated heterocycles. The maximum absolute atomic E-state index is 13.9. The quantitative estimate of drug-likeness (QED) is 0.292. The molecule has 0 bridgehead atoms. The van der Waals surface area contributed by atoms with E-state index in [9.17, 15) is 22.4 Å². The van der Waals surface area contributed by atoms with Crippen LogP contribution in [0.4, 0.5) is 8.78 Å². The first-order valence-corrected chi connectivity index (χ1v) is 12.8. The van der Waals surface area contributed by atoms with Crippen molar-refractivity contribution in [2.45, 2.75) is 43.4 Å². The molecule has 1 fully saturated rings. The van der Waals surface area contributed by atoms with Crippen LogP contribution in [0, 0.1) is 5.21 Å². The molecule has 0 radical (unpaired) electrons. The predicted octanol–water partition coefficient (Wildman–Crippen LogP) is 4.11. The zero-order chi connectivity index (χ0) is 25.1. The SMILES string of the molecule is CCS(=O)(=O)c1cc(-c2cc(C3CC3)ccn2)cnc1-c1nc2cc(C(C)(F)F)c[n+]([O-])c2n1C. The highest BCUT2D eigenvalue weighted by Gasteiger charge is 2.31. The normalized spacial score (nSPS) is 14.5. The van der Waals surface area contributed by atoms with Crippen LogP contribution in [0.15, 0.2) is 47.8 Å². The van der Waals surface area contributed by atoms with Crippen LogP contribution < -0.4 is 4.73 Å². The molecule has 0 aromatic carbocycles. The molecule has 1 saturated carbocycles. The van der Waals surface area contributed by atoms with E-state index < -0.39 is 21.3 Å². The second-order valence-electron chi connectivity index (χ2n) is 8.87. The number of rotatable bonds is 6. The molecule has 0 unspecified atom stereocenters. The Kier molecular flexibility index (Phi) is 5.35. The van der Waals surface area contributed by atoms with Gasteiger partial charge in [-0.25, -0.2) is 31.5 Å². The van der Waals surface area contributed by atoms with Gasteiger partial charge in [0.1, 0.15) is 11.9 Å². The number of nitrogens with zero attached hydrogens (tertiary/aromatic N) is 5. The van der Waals surface area contributed by atoms with E-state index in [-0.39, 0.29) is 33.3 Å². The first-order valence-electron chi connectivity index (χ1n) is 11.2. The van der Waals surface area contributed by atoms with Crippen LogP contribution in [0.25, 0.3) is 33.9 Å². The van der Waals surface area contributed by atoms with Gasteiger partial charge < -0.3 is 5.21 Å². The van der Waals surface area contributed by atoms with E-state index in [4.69, 9.17) is 0 Å². The highest BCUT2D eigenvalue weighted by atomic mass is 32.2. The molecular weight excluding hydrogens is 476 g/mol. The lowest BCUT2D eigenvalue weighted by atomic mass is 10.1. The van der Waals surface area contributed by atoms with Crippen LogP contribution >= 0.6 is 0 Å². The number of aromatic nitrogens is 5. The monoisotopic (exact) mass is 499 g/mol. The maximum atomic E-state index is 13.9. The number of alkyl halides is 2. The first-order chi connectivity index (χ1) is 16.5. The molecule has 4 aromatic rings. The molecule has 182 valence electrons. The summed E-state index contributed by atoms with van der Waals surface area (Å²) in [6.07, 6.45) is 6.25. The van der Waals surface area contributed by atoms with Crippen molar-refractivity contribution in [2.75, 3.05) is 5.75 Å². The lowest BCUT2D eigenvalue weighted by Gasteiger charge is -2.12. The third-order valence-electron chi connectivity index (χ3n) is 6.26. The number of fused-ring (bicyclic) bond motifs is 1. The highest BCUT2D eigenvalue weighted by Crippen LogP contribution is 2.41. The second-order valence-corrected chi connectivity index (χ2v) is 11.1. The summed E-state index contributed by atoms with van der Waals surface area (Å²) in [7, 11) is -2.25. The van der Waals surface area contributed by atoms with Gasteiger partial charge >= 0.3 is 5.65 Å². The van der Waals surface area contributed by atoms with Gasteiger partial charge in [0.15, 0.2) is 15.4 Å². The summed E-state index contributed by atoms with van der Waals surface area (Å²) in [5.74, 6) is -2.84. The van der Waals surface area contributed by atoms with Crippen LogP contribution in [-0.2, 0) is 22.8 Å². The van der Waals surface area contributed by atoms with Crippen LogP contribution in [0.1, 0.15) is 43.7 Å². The van der Waals surface area contributed by atoms with Crippen molar-refractivity contribution < 1.29 is 21.9 Å². The summed E-state index contributed by atoms with van der Waals surface area (Å²) >= 11 is 0. The minimum absolute atomic E-state index is 0.0116. The average molecular weight is 500 g/mol. The maximum Gasteiger partial charge on any atom is 0.312 e. The molecule has 1 aliphatic rings. The number of sulfone groups is 1. The van der Waals surface area contributed by atoms with Crippen molar-refractivity contribution >= 4 is 21.0 Å². The van der Waals surface area contributed by atoms with Crippen LogP contribution in [-0.4, -0.2) is 33.7 Å². The highest BCUT2D eigenvalue weighted by molar-refractivity contribution is 7.91. The van der Waals surface area contributed by atoms with Gasteiger partial charge in [-0.15, -0.1) is 0 Å². The number of hydrogen-bond donors (Lipinski definition) is 0. The summed E-state index contributed by atoms with van der Waals surface area (Å²) in [4.78, 5) is 13.1. The third-order valence-corrected chi connectivity index (χ3v) is 8.00. The molecular formula is C24H23F2N5O3S. The fourth-order valence-corrected chi connectivity index (χ4v) is 5.17. The largest absolute Gasteiger partial charge is 0.711 e. The summed E-state index contributed by atoms with van der Waals surface area (Å²) in [6.45, 7) is 2.21. The van der Waals surface area contributed by atoms with Gasteiger partial charge in [-0.2, -0.15) is 4.98 Å². The van der Waals surface area contributed by atoms with E-state index in [1.807, 2.05) is 12.1 Å². The van der Waals surface area contributed by atoms with E-state index >= 15 is 0 Å². The van der Waals surface area contributed by atoms with Gasteiger partial charge in [-0.3, -0.25) is 4.98 Å². The Bertz CT molecular complexity index is 1570. The van der Waals surface area contributed by atoms with Gasteiger partial charge in [0.2, 0.25) is 5.82 Å². The van der Waals surface area contributed by atoms with E-state index in [0.717, 1.165) is 30.7 Å². The number of halogens is 2. The van der Waals surface area contributed by atoms with Gasteiger partial charge in [0.25, 0.3) is 5.92 Å². The predicted molar refractivity (Wildman–Crippen MR) is 125 cm³/mol. The summed E-state index contributed by atoms with van der Waals surface area (Å²) < 4.78 is 55.6. The fraction of sp³-hybridized carbons (Fsp3) is 0.333. The number of imidazole rings is 1. The molecule has 4 heterocycles. The van der Waals surface area contributed by atoms with Gasteiger partial charge in [0.05, 0.1) is 29.0 Å². The number of hydrogen-bond acceptors (Lipinski definition) is 6. The summed E-state index contributed by atoms with van der Waals surface area (Å²) in [5, 5.41) is 12.6. The van der Waals surface area contributed by atoms with E-state index in [1.54, 1.807) is 6.20 Å². The van der Waals surface area contributed by atoms with Gasteiger partial charge in [-0.1, -0.05) is 6.92 Å². The molecule has 0 aliphatic heterocycles. The summed E-state index contributed by atoms with van der Waals surface area (Å²) in [6, 6.07) is 6.54. The number of aryl methyl sites for hydroxylation is 1. The lowest BCUT2D eigenvalue weighted by molar-refractivity contribution is -0.581. The van der Waals surface area contributed by atoms with Crippen molar-refractivity contribution in [1.29, 1.82) is 0 Å². The van der Waals surface area contributed by atoms with Crippen molar-refractivity contribution in [1.82, 2.24) is 19.5 Å². The molecule has 0 atom stereocenters. The standard InChI is InChI=1S/C24H23F2N5O3S/c1-4-35(33,34)20-10-16(18-9-15(7-8-27-18)14-5-6-14)12-28-21(20)22-29-19-11-17(24(2,25)26)13-31(32)23(19)30(22)3/h7-14H,4-6H2,1-3H3. The van der Waals surface area contributed by atoms with E-state index in [1.165, 1.54) is 30.8 Å². The molecule has 1 aliphatic carbocycles. The van der Waals surface area contributed by atoms with Crippen LogP contribution in [0.5, 0.6) is 0 Å². The van der Waals surface area contributed by atoms with Crippen LogP contribution in [0.3, 0.4) is 0 Å². The van der Waals surface area contributed by atoms with Crippen molar-refractivity contribution in [3.8, 4) is 22.8 Å². The Morgan fingerprint density at radius 1 is 1.23 bits per heavy atom. The first kappa shape index (κ1) is 23.3. The van der Waals surface area contributed by atoms with Crippen molar-refractivity contribution in [3.05, 3.63) is 59.2 Å². The Morgan fingerprint density at radius 3 is 2.63 bits per heavy atom. The zero-order valence-corrected chi connectivity index (χ0v) is 20.2. The summed E-state index contributed by atoms with van der Waals surface area (Å²) in [5.41, 5.74) is 1.87. The molecule has 0 spiro atoms. The Morgan fingerprint density at radius 2 is 1.97 bits per heavy atom. The van der Waals surface area contributed by atoms with Crippen molar-refractivity contribution in [2.24, 2.45) is 7.05 Å². The van der Waals surface area contributed by atoms with Crippen molar-refractivity contribution in [3.63, 3.8) is 0 Å². The minimum Gasteiger partial charge on any atom is -0.711 e. The molecule has 35 heavy (non-hydrogen) atoms. The lowest BCUT2D eigenvalue weighted by Crippen LogP contribution is -2.31. The molecule has 5 rings (SSSR count). The van der Waals surface area contributed by atoms with E-state index in [2.05, 4.69) is 15.0 Å². The van der Waals surface area contributed by atoms with Gasteiger partial charge in [0, 0.05) is 24.9 Å². The second kappa shape index (κ2) is 8.04. The topological polar surface area (TPSA) is 105 Å². The zero-order valence-electron chi connectivity index (χ0n) is 19.4. The Hall–Kier alpha value is -3.47. The molecule has 11 heteroatoms. The Labute approximate surface area is 200 Å². The molecule has 0 amide bonds. The molecule has 4 aromatic heterocycles. The van der Waals surface area contributed by atoms with Crippen LogP contribution in [0.2, 0.25) is 0 Å². The minimum atomic E-state index is -3.77. The smallest absolute Gasteiger partial charge is 0.312 e. The van der Waals surface area contributed by atoms with E-state index in [0.29, 0.717) is 28.8 Å². The third kappa shape index (κ3) is 4.13. The van der Waals surface area contributed by atoms with Gasteiger partial charge in [-0.05, 0) is 48.6 Å². The molecule has 8 nitrogen and oxygen atoms in total. The Balaban J connectivity index is 1.70. The molecule has 0 N–H and O–H groups in total.